The molecule has 0 atom stereocenters. The number of ether oxygens (including phenoxy) is 1. The number of hydrogen-bond acceptors (Lipinski definition) is 4. The molecule has 0 radical (unpaired) electrons. The Balaban J connectivity index is 2.78. The summed E-state index contributed by atoms with van der Waals surface area (Å²) in [5.41, 5.74) is 2.00. The molecular weight excluding hydrogens is 280 g/mol. The van der Waals surface area contributed by atoms with Crippen LogP contribution < -0.4 is 10.3 Å². The number of nitriles is 1. The van der Waals surface area contributed by atoms with Crippen LogP contribution in [0.4, 0.5) is 0 Å². The number of aromatic amines is 1. The largest absolute Gasteiger partial charge is 0.504 e. The fraction of sp³-hybridized carbons (Fsp3) is 0.176. The summed E-state index contributed by atoms with van der Waals surface area (Å²) in [6.07, 6.45) is 2.10. The van der Waals surface area contributed by atoms with E-state index in [1.165, 1.54) is 7.11 Å². The van der Waals surface area contributed by atoms with Gasteiger partial charge in [0.15, 0.2) is 11.5 Å². The minimum atomic E-state index is -0.435. The number of methoxy groups -OCH3 is 1. The molecule has 2 aromatic rings. The first-order chi connectivity index (χ1) is 10.5. The van der Waals surface area contributed by atoms with Gasteiger partial charge in [-0.25, -0.2) is 0 Å². The van der Waals surface area contributed by atoms with Gasteiger partial charge in [-0.15, -0.1) is 6.58 Å². The second kappa shape index (κ2) is 6.19. The molecule has 112 valence electrons. The van der Waals surface area contributed by atoms with Crippen molar-refractivity contribution in [2.24, 2.45) is 0 Å². The van der Waals surface area contributed by atoms with Gasteiger partial charge in [0.1, 0.15) is 11.6 Å². The van der Waals surface area contributed by atoms with E-state index in [0.29, 0.717) is 28.8 Å². The third-order valence-corrected chi connectivity index (χ3v) is 3.33. The number of nitrogens with zero attached hydrogens (tertiary/aromatic N) is 1. The fourth-order valence-electron chi connectivity index (χ4n) is 2.32. The van der Waals surface area contributed by atoms with Gasteiger partial charge in [-0.3, -0.25) is 4.79 Å². The first-order valence-electron chi connectivity index (χ1n) is 6.67. The number of hydrogen-bond donors (Lipinski definition) is 2. The zero-order valence-corrected chi connectivity index (χ0v) is 12.4. The van der Waals surface area contributed by atoms with Crippen molar-refractivity contribution >= 4 is 0 Å². The summed E-state index contributed by atoms with van der Waals surface area (Å²) in [7, 11) is 1.45. The topological polar surface area (TPSA) is 86.1 Å². The monoisotopic (exact) mass is 296 g/mol. The maximum Gasteiger partial charge on any atom is 0.266 e. The van der Waals surface area contributed by atoms with Crippen LogP contribution in [-0.2, 0) is 6.42 Å². The molecule has 0 saturated carbocycles. The normalized spacial score (nSPS) is 10.0. The maximum absolute atomic E-state index is 11.9. The lowest BCUT2D eigenvalue weighted by Crippen LogP contribution is -2.12. The predicted molar refractivity (Wildman–Crippen MR) is 84.1 cm³/mol. The van der Waals surface area contributed by atoms with Crippen molar-refractivity contribution in [3.05, 3.63) is 58.0 Å². The molecule has 22 heavy (non-hydrogen) atoms. The second-order valence-corrected chi connectivity index (χ2v) is 4.86. The number of rotatable bonds is 4. The van der Waals surface area contributed by atoms with E-state index in [1.54, 1.807) is 31.2 Å². The van der Waals surface area contributed by atoms with E-state index in [0.717, 1.165) is 0 Å². The van der Waals surface area contributed by atoms with Crippen LogP contribution in [-0.4, -0.2) is 17.2 Å². The Bertz CT molecular complexity index is 829. The van der Waals surface area contributed by atoms with Gasteiger partial charge in [0, 0.05) is 16.8 Å². The molecule has 2 N–H and O–H groups in total. The van der Waals surface area contributed by atoms with E-state index >= 15 is 0 Å². The molecule has 0 unspecified atom stereocenters. The molecule has 0 bridgehead atoms. The molecule has 1 aromatic heterocycles. The molecule has 5 nitrogen and oxygen atoms in total. The molecule has 0 fully saturated rings. The number of aryl methyl sites for hydroxylation is 1. The number of aromatic hydroxyl groups is 1. The maximum atomic E-state index is 11.9. The van der Waals surface area contributed by atoms with Crippen LogP contribution in [0.5, 0.6) is 11.5 Å². The van der Waals surface area contributed by atoms with Crippen molar-refractivity contribution in [3.8, 4) is 28.7 Å². The van der Waals surface area contributed by atoms with Crippen molar-refractivity contribution in [1.29, 1.82) is 5.26 Å². The number of phenols is 1. The van der Waals surface area contributed by atoms with Gasteiger partial charge in [0.25, 0.3) is 5.56 Å². The average molecular weight is 296 g/mol. The lowest BCUT2D eigenvalue weighted by molar-refractivity contribution is 0.371. The van der Waals surface area contributed by atoms with Gasteiger partial charge >= 0.3 is 0 Å². The van der Waals surface area contributed by atoms with Crippen molar-refractivity contribution in [3.63, 3.8) is 0 Å². The first-order valence-corrected chi connectivity index (χ1v) is 6.67. The predicted octanol–water partition coefficient (Wildman–Crippen LogP) is 2.66. The Morgan fingerprint density at radius 1 is 1.45 bits per heavy atom. The van der Waals surface area contributed by atoms with Crippen LogP contribution in [0.15, 0.2) is 35.6 Å². The number of phenolic OH excluding ortho intramolecular Hbond substituents is 1. The summed E-state index contributed by atoms with van der Waals surface area (Å²) < 4.78 is 5.17. The summed E-state index contributed by atoms with van der Waals surface area (Å²) in [5.74, 6) is 0.322. The Hall–Kier alpha value is -3.00. The minimum absolute atomic E-state index is 0.0305. The van der Waals surface area contributed by atoms with Gasteiger partial charge in [0.2, 0.25) is 0 Å². The number of H-pyrrole nitrogens is 1. The highest BCUT2D eigenvalue weighted by atomic mass is 16.5. The van der Waals surface area contributed by atoms with Crippen molar-refractivity contribution < 1.29 is 9.84 Å². The van der Waals surface area contributed by atoms with E-state index in [9.17, 15) is 15.2 Å². The van der Waals surface area contributed by atoms with Gasteiger partial charge < -0.3 is 14.8 Å². The van der Waals surface area contributed by atoms with Crippen LogP contribution in [0.25, 0.3) is 11.1 Å². The highest BCUT2D eigenvalue weighted by molar-refractivity contribution is 5.74. The van der Waals surface area contributed by atoms with Gasteiger partial charge in [0.05, 0.1) is 7.11 Å². The molecule has 2 rings (SSSR count). The third kappa shape index (κ3) is 2.72. The number of allylic oxidation sites excluding steroid dienone is 1. The highest BCUT2D eigenvalue weighted by Crippen LogP contribution is 2.36. The number of pyridine rings is 1. The van der Waals surface area contributed by atoms with Crippen LogP contribution >= 0.6 is 0 Å². The SMILES string of the molecule is C=CCc1cc(-c2cc(C)[nH]c(=O)c2C#N)cc(OC)c1O. The van der Waals surface area contributed by atoms with Crippen LogP contribution in [0.2, 0.25) is 0 Å². The number of aromatic nitrogens is 1. The molecule has 0 aliphatic rings. The van der Waals surface area contributed by atoms with E-state index < -0.39 is 5.56 Å². The Kier molecular flexibility index (Phi) is 4.33. The molecule has 0 amide bonds. The molecule has 5 heteroatoms. The summed E-state index contributed by atoms with van der Waals surface area (Å²) in [5, 5.41) is 19.4. The zero-order chi connectivity index (χ0) is 16.3. The molecule has 1 heterocycles. The molecule has 0 aliphatic heterocycles. The number of benzene rings is 1. The van der Waals surface area contributed by atoms with Crippen LogP contribution in [0.1, 0.15) is 16.8 Å². The van der Waals surface area contributed by atoms with Crippen molar-refractivity contribution in [1.82, 2.24) is 4.98 Å². The van der Waals surface area contributed by atoms with E-state index in [1.807, 2.05) is 6.07 Å². The second-order valence-electron chi connectivity index (χ2n) is 4.86. The fourth-order valence-corrected chi connectivity index (χ4v) is 2.32. The summed E-state index contributed by atoms with van der Waals surface area (Å²) in [6.45, 7) is 5.40. The van der Waals surface area contributed by atoms with E-state index in [-0.39, 0.29) is 17.1 Å². The summed E-state index contributed by atoms with van der Waals surface area (Å²) in [4.78, 5) is 14.5. The zero-order valence-electron chi connectivity index (χ0n) is 12.4. The first kappa shape index (κ1) is 15.4. The molecule has 1 aromatic carbocycles. The summed E-state index contributed by atoms with van der Waals surface area (Å²) >= 11 is 0. The third-order valence-electron chi connectivity index (χ3n) is 3.33. The average Bonchev–Trinajstić information content (AvgIpc) is 2.48. The Labute approximate surface area is 128 Å². The van der Waals surface area contributed by atoms with Crippen LogP contribution in [0.3, 0.4) is 0 Å². The lowest BCUT2D eigenvalue weighted by Gasteiger charge is -2.12. The standard InChI is InChI=1S/C17H16N2O3/c1-4-5-11-7-12(8-15(22-3)16(11)20)13-6-10(2)19-17(21)14(13)9-18/h4,6-8,20H,1,5H2,2-3H3,(H,19,21). The molecule has 0 aliphatic carbocycles. The lowest BCUT2D eigenvalue weighted by atomic mass is 9.97. The van der Waals surface area contributed by atoms with E-state index in [4.69, 9.17) is 4.74 Å². The molecule has 0 saturated heterocycles. The number of nitrogens with one attached hydrogen (secondary N) is 1. The summed E-state index contributed by atoms with van der Waals surface area (Å²) in [6, 6.07) is 6.99. The Morgan fingerprint density at radius 3 is 2.77 bits per heavy atom. The van der Waals surface area contributed by atoms with Gasteiger partial charge in [-0.05, 0) is 37.1 Å². The minimum Gasteiger partial charge on any atom is -0.504 e. The Morgan fingerprint density at radius 2 is 2.18 bits per heavy atom. The highest BCUT2D eigenvalue weighted by Gasteiger charge is 2.15. The van der Waals surface area contributed by atoms with Gasteiger partial charge in [-0.1, -0.05) is 6.08 Å². The quantitative estimate of drug-likeness (QED) is 0.849. The van der Waals surface area contributed by atoms with Crippen molar-refractivity contribution in [2.45, 2.75) is 13.3 Å². The van der Waals surface area contributed by atoms with Crippen molar-refractivity contribution in [2.75, 3.05) is 7.11 Å². The van der Waals surface area contributed by atoms with E-state index in [2.05, 4.69) is 11.6 Å². The van der Waals surface area contributed by atoms with Crippen LogP contribution in [0, 0.1) is 18.3 Å². The van der Waals surface area contributed by atoms with Gasteiger partial charge in [-0.2, -0.15) is 5.26 Å². The smallest absolute Gasteiger partial charge is 0.266 e. The molecular formula is C17H16N2O3. The molecule has 0 spiro atoms.